The van der Waals surface area contributed by atoms with Gasteiger partial charge >= 0.3 is 0 Å². The number of para-hydroxylation sites is 2. The van der Waals surface area contributed by atoms with E-state index in [2.05, 4.69) is 0 Å². The van der Waals surface area contributed by atoms with E-state index in [4.69, 9.17) is 10.5 Å². The molecule has 1 fully saturated rings. The van der Waals surface area contributed by atoms with E-state index in [-0.39, 0.29) is 24.7 Å². The molecule has 0 saturated carbocycles. The Morgan fingerprint density at radius 2 is 1.82 bits per heavy atom. The summed E-state index contributed by atoms with van der Waals surface area (Å²) >= 11 is 0. The second-order valence-electron chi connectivity index (χ2n) is 3.73. The molecule has 0 radical (unpaired) electrons. The van der Waals surface area contributed by atoms with Gasteiger partial charge in [-0.3, -0.25) is 9.59 Å². The number of carbonyl (C=O) groups is 2. The molecular weight excluding hydrogens is 220 g/mol. The van der Waals surface area contributed by atoms with Crippen molar-refractivity contribution in [2.45, 2.75) is 12.8 Å². The van der Waals surface area contributed by atoms with Gasteiger partial charge in [-0.2, -0.15) is 0 Å². The Hall–Kier alpha value is -1.88. The summed E-state index contributed by atoms with van der Waals surface area (Å²) < 4.78 is 5.42. The number of hydrogen-bond acceptors (Lipinski definition) is 4. The molecule has 5 heteroatoms. The summed E-state index contributed by atoms with van der Waals surface area (Å²) in [7, 11) is 0. The lowest BCUT2D eigenvalue weighted by Gasteiger charge is -2.17. The first-order valence-corrected chi connectivity index (χ1v) is 5.51. The van der Waals surface area contributed by atoms with Crippen LogP contribution in [-0.2, 0) is 9.59 Å². The molecule has 0 bridgehead atoms. The second-order valence-corrected chi connectivity index (χ2v) is 3.73. The Morgan fingerprint density at radius 3 is 2.47 bits per heavy atom. The van der Waals surface area contributed by atoms with Gasteiger partial charge < -0.3 is 10.5 Å². The summed E-state index contributed by atoms with van der Waals surface area (Å²) in [6.07, 6.45) is 0.536. The lowest BCUT2D eigenvalue weighted by atomic mass is 10.2. The van der Waals surface area contributed by atoms with E-state index in [1.165, 1.54) is 4.90 Å². The summed E-state index contributed by atoms with van der Waals surface area (Å²) in [6, 6.07) is 6.99. The Morgan fingerprint density at radius 1 is 1.18 bits per heavy atom. The van der Waals surface area contributed by atoms with Gasteiger partial charge in [0.15, 0.2) is 0 Å². The largest absolute Gasteiger partial charge is 0.490 e. The van der Waals surface area contributed by atoms with Crippen LogP contribution < -0.4 is 15.4 Å². The smallest absolute Gasteiger partial charge is 0.234 e. The molecule has 5 nitrogen and oxygen atoms in total. The van der Waals surface area contributed by atoms with Crippen LogP contribution in [0.2, 0.25) is 0 Å². The van der Waals surface area contributed by atoms with Crippen molar-refractivity contribution in [2.24, 2.45) is 5.73 Å². The topological polar surface area (TPSA) is 72.6 Å². The van der Waals surface area contributed by atoms with Crippen LogP contribution in [-0.4, -0.2) is 25.0 Å². The molecule has 0 spiro atoms. The quantitative estimate of drug-likeness (QED) is 0.777. The van der Waals surface area contributed by atoms with Crippen molar-refractivity contribution >= 4 is 17.5 Å². The van der Waals surface area contributed by atoms with E-state index < -0.39 is 0 Å². The molecule has 0 atom stereocenters. The van der Waals surface area contributed by atoms with Crippen LogP contribution in [0.25, 0.3) is 0 Å². The third-order valence-corrected chi connectivity index (χ3v) is 2.53. The standard InChI is InChI=1S/C12H14N2O3/c13-7-8-17-10-4-2-1-3-9(10)14-11(15)5-6-12(14)16/h1-4H,5-8,13H2. The van der Waals surface area contributed by atoms with Gasteiger partial charge in [0.25, 0.3) is 0 Å². The fraction of sp³-hybridized carbons (Fsp3) is 0.333. The van der Waals surface area contributed by atoms with Crippen LogP contribution in [0.15, 0.2) is 24.3 Å². The SMILES string of the molecule is NCCOc1ccccc1N1C(=O)CCC1=O. The third kappa shape index (κ3) is 2.29. The minimum absolute atomic E-state index is 0.182. The van der Waals surface area contributed by atoms with Crippen LogP contribution in [0.3, 0.4) is 0 Å². The first kappa shape index (κ1) is 11.6. The highest BCUT2D eigenvalue weighted by atomic mass is 16.5. The Balaban J connectivity index is 2.30. The van der Waals surface area contributed by atoms with Crippen molar-refractivity contribution < 1.29 is 14.3 Å². The first-order chi connectivity index (χ1) is 8.24. The van der Waals surface area contributed by atoms with Crippen LogP contribution in [0.4, 0.5) is 5.69 Å². The number of amides is 2. The minimum atomic E-state index is -0.182. The lowest BCUT2D eigenvalue weighted by Crippen LogP contribution is -2.29. The number of nitrogens with zero attached hydrogens (tertiary/aromatic N) is 1. The molecule has 0 aromatic heterocycles. The van der Waals surface area contributed by atoms with E-state index >= 15 is 0 Å². The fourth-order valence-corrected chi connectivity index (χ4v) is 1.78. The van der Waals surface area contributed by atoms with Crippen molar-refractivity contribution in [3.8, 4) is 5.75 Å². The number of anilines is 1. The minimum Gasteiger partial charge on any atom is -0.490 e. The first-order valence-electron chi connectivity index (χ1n) is 5.51. The Bertz CT molecular complexity index is 429. The Kier molecular flexibility index (Phi) is 3.39. The highest BCUT2D eigenvalue weighted by molar-refractivity contribution is 6.20. The summed E-state index contributed by atoms with van der Waals surface area (Å²) in [4.78, 5) is 24.5. The summed E-state index contributed by atoms with van der Waals surface area (Å²) in [6.45, 7) is 0.740. The molecule has 2 N–H and O–H groups in total. The molecule has 2 rings (SSSR count). The fourth-order valence-electron chi connectivity index (χ4n) is 1.78. The number of ether oxygens (including phenoxy) is 1. The molecule has 1 aromatic carbocycles. The van der Waals surface area contributed by atoms with Gasteiger partial charge in [-0.25, -0.2) is 4.90 Å². The van der Waals surface area contributed by atoms with Crippen molar-refractivity contribution in [1.82, 2.24) is 0 Å². The number of nitrogens with two attached hydrogens (primary N) is 1. The number of carbonyl (C=O) groups excluding carboxylic acids is 2. The summed E-state index contributed by atoms with van der Waals surface area (Å²) in [5.41, 5.74) is 5.87. The number of hydrogen-bond donors (Lipinski definition) is 1. The zero-order valence-electron chi connectivity index (χ0n) is 9.39. The van der Waals surface area contributed by atoms with Crippen molar-refractivity contribution in [1.29, 1.82) is 0 Å². The molecule has 0 aliphatic carbocycles. The van der Waals surface area contributed by atoms with Crippen molar-refractivity contribution in [3.63, 3.8) is 0 Å². The molecule has 1 aliphatic heterocycles. The molecule has 1 heterocycles. The average molecular weight is 234 g/mol. The highest BCUT2D eigenvalue weighted by Crippen LogP contribution is 2.31. The normalized spacial score (nSPS) is 15.5. The predicted molar refractivity (Wildman–Crippen MR) is 62.7 cm³/mol. The van der Waals surface area contributed by atoms with Crippen LogP contribution in [0.5, 0.6) is 5.75 Å². The predicted octanol–water partition coefficient (Wildman–Crippen LogP) is 0.677. The second kappa shape index (κ2) is 4.97. The zero-order chi connectivity index (χ0) is 12.3. The number of rotatable bonds is 4. The Labute approximate surface area is 99.2 Å². The lowest BCUT2D eigenvalue weighted by molar-refractivity contribution is -0.121. The van der Waals surface area contributed by atoms with E-state index in [0.717, 1.165) is 0 Å². The van der Waals surface area contributed by atoms with Crippen LogP contribution in [0.1, 0.15) is 12.8 Å². The summed E-state index contributed by atoms with van der Waals surface area (Å²) in [5.74, 6) is 0.152. The molecule has 1 aromatic rings. The maximum atomic E-state index is 11.6. The van der Waals surface area contributed by atoms with Crippen LogP contribution in [0, 0.1) is 0 Å². The van der Waals surface area contributed by atoms with E-state index in [1.807, 2.05) is 0 Å². The van der Waals surface area contributed by atoms with Crippen molar-refractivity contribution in [3.05, 3.63) is 24.3 Å². The van der Waals surface area contributed by atoms with E-state index in [0.29, 0.717) is 24.6 Å². The molecule has 0 unspecified atom stereocenters. The molecular formula is C12H14N2O3. The van der Waals surface area contributed by atoms with E-state index in [1.54, 1.807) is 24.3 Å². The molecule has 17 heavy (non-hydrogen) atoms. The molecule has 1 aliphatic rings. The third-order valence-electron chi connectivity index (χ3n) is 2.53. The molecule has 2 amide bonds. The maximum absolute atomic E-state index is 11.6. The van der Waals surface area contributed by atoms with Gasteiger partial charge in [0.2, 0.25) is 11.8 Å². The monoisotopic (exact) mass is 234 g/mol. The van der Waals surface area contributed by atoms with Gasteiger partial charge in [0.1, 0.15) is 12.4 Å². The molecule has 90 valence electrons. The van der Waals surface area contributed by atoms with Gasteiger partial charge in [0, 0.05) is 19.4 Å². The van der Waals surface area contributed by atoms with Crippen LogP contribution >= 0.6 is 0 Å². The summed E-state index contributed by atoms with van der Waals surface area (Å²) in [5, 5.41) is 0. The van der Waals surface area contributed by atoms with Gasteiger partial charge in [-0.15, -0.1) is 0 Å². The zero-order valence-corrected chi connectivity index (χ0v) is 9.39. The van der Waals surface area contributed by atoms with Crippen molar-refractivity contribution in [2.75, 3.05) is 18.1 Å². The number of imide groups is 1. The maximum Gasteiger partial charge on any atom is 0.234 e. The van der Waals surface area contributed by atoms with E-state index in [9.17, 15) is 9.59 Å². The van der Waals surface area contributed by atoms with Gasteiger partial charge in [-0.05, 0) is 12.1 Å². The number of benzene rings is 1. The average Bonchev–Trinajstić information content (AvgIpc) is 2.67. The molecule has 1 saturated heterocycles. The highest BCUT2D eigenvalue weighted by Gasteiger charge is 2.32. The van der Waals surface area contributed by atoms with Gasteiger partial charge in [0.05, 0.1) is 5.69 Å². The van der Waals surface area contributed by atoms with Gasteiger partial charge in [-0.1, -0.05) is 12.1 Å².